The molecule has 0 saturated carbocycles. The van der Waals surface area contributed by atoms with Crippen LogP contribution in [0.1, 0.15) is 25.8 Å². The van der Waals surface area contributed by atoms with Crippen molar-refractivity contribution in [2.24, 2.45) is 5.92 Å². The van der Waals surface area contributed by atoms with E-state index in [2.05, 4.69) is 0 Å². The molecule has 0 saturated heterocycles. The number of amides is 1. The summed E-state index contributed by atoms with van der Waals surface area (Å²) in [5.74, 6) is -3.58. The van der Waals surface area contributed by atoms with Gasteiger partial charge in [-0.25, -0.2) is 0 Å². The number of nitro benzene ring substituents is 1. The van der Waals surface area contributed by atoms with Crippen molar-refractivity contribution in [2.75, 3.05) is 11.5 Å². The fourth-order valence-electron chi connectivity index (χ4n) is 3.79. The molecule has 1 amide bonds. The summed E-state index contributed by atoms with van der Waals surface area (Å²) in [7, 11) is 0. The molecule has 0 aliphatic carbocycles. The summed E-state index contributed by atoms with van der Waals surface area (Å²) < 4.78 is 49.6. The Hall–Kier alpha value is -4.63. The van der Waals surface area contributed by atoms with Gasteiger partial charge in [-0.05, 0) is 50.2 Å². The number of para-hydroxylation sites is 1. The Morgan fingerprint density at radius 2 is 1.76 bits per heavy atom. The number of hydrogen-bond acceptors (Lipinski definition) is 7. The van der Waals surface area contributed by atoms with Crippen LogP contribution < -0.4 is 14.4 Å². The fourth-order valence-corrected chi connectivity index (χ4v) is 4.01. The number of benzene rings is 3. The minimum absolute atomic E-state index is 0.0425. The molecule has 0 bridgehead atoms. The maximum Gasteiger partial charge on any atom is 0.416 e. The zero-order valence-electron chi connectivity index (χ0n) is 21.7. The van der Waals surface area contributed by atoms with Gasteiger partial charge < -0.3 is 14.4 Å². The zero-order chi connectivity index (χ0) is 30.3. The van der Waals surface area contributed by atoms with E-state index in [0.717, 1.165) is 24.3 Å². The van der Waals surface area contributed by atoms with Crippen molar-refractivity contribution in [3.8, 4) is 23.3 Å². The van der Waals surface area contributed by atoms with Crippen molar-refractivity contribution >= 4 is 34.7 Å². The van der Waals surface area contributed by atoms with E-state index in [1.807, 2.05) is 0 Å². The Morgan fingerprint density at radius 1 is 1.07 bits per heavy atom. The van der Waals surface area contributed by atoms with Gasteiger partial charge in [0.15, 0.2) is 11.7 Å². The van der Waals surface area contributed by atoms with Gasteiger partial charge in [0.25, 0.3) is 5.91 Å². The second kappa shape index (κ2) is 13.1. The molecule has 0 aromatic heterocycles. The quantitative estimate of drug-likeness (QED) is 0.134. The smallest absolute Gasteiger partial charge is 0.416 e. The molecule has 1 unspecified atom stereocenters. The molecule has 0 radical (unpaired) electrons. The molecule has 9 nitrogen and oxygen atoms in total. The summed E-state index contributed by atoms with van der Waals surface area (Å²) in [6, 6.07) is 15.7. The molecule has 3 rings (SSSR count). The fraction of sp³-hybridized carbons (Fsp3) is 0.250. The Kier molecular flexibility index (Phi) is 9.91. The maximum atomic E-state index is 13.1. The standard InChI is InChI=1S/C28H23ClF3N3O6/c1-17(2)34(19-6-4-3-5-7-19)27(37)21(16-33)24(36)12-13-40-26-15-20(9-10-23(26)35(38)39)41-25-11-8-18(14-22(25)29)28(30,31)32/h3-11,14-15,17,21H,12-13H2,1-2H3. The lowest BCUT2D eigenvalue weighted by atomic mass is 10.0. The predicted octanol–water partition coefficient (Wildman–Crippen LogP) is 6.98. The molecule has 0 heterocycles. The van der Waals surface area contributed by atoms with Crippen LogP contribution in [0, 0.1) is 27.4 Å². The van der Waals surface area contributed by atoms with Crippen LogP contribution in [0.2, 0.25) is 5.02 Å². The summed E-state index contributed by atoms with van der Waals surface area (Å²) >= 11 is 5.92. The van der Waals surface area contributed by atoms with Crippen LogP contribution in [0.3, 0.4) is 0 Å². The number of ketones is 1. The average molecular weight is 590 g/mol. The predicted molar refractivity (Wildman–Crippen MR) is 143 cm³/mol. The van der Waals surface area contributed by atoms with Crippen LogP contribution in [0.15, 0.2) is 66.7 Å². The molecule has 41 heavy (non-hydrogen) atoms. The van der Waals surface area contributed by atoms with Gasteiger partial charge in [0, 0.05) is 30.3 Å². The van der Waals surface area contributed by atoms with E-state index in [4.69, 9.17) is 21.1 Å². The monoisotopic (exact) mass is 589 g/mol. The number of ether oxygens (including phenoxy) is 2. The zero-order valence-corrected chi connectivity index (χ0v) is 22.5. The van der Waals surface area contributed by atoms with Gasteiger partial charge in [0.2, 0.25) is 5.75 Å². The first-order chi connectivity index (χ1) is 19.3. The van der Waals surface area contributed by atoms with Crippen molar-refractivity contribution < 1.29 is 37.2 Å². The second-order valence-corrected chi connectivity index (χ2v) is 9.30. The van der Waals surface area contributed by atoms with Crippen LogP contribution >= 0.6 is 11.6 Å². The van der Waals surface area contributed by atoms with E-state index < -0.39 is 53.0 Å². The minimum atomic E-state index is -4.61. The van der Waals surface area contributed by atoms with Crippen molar-refractivity contribution in [1.29, 1.82) is 5.26 Å². The number of carbonyl (C=O) groups excluding carboxylic acids is 2. The molecule has 0 N–H and O–H groups in total. The number of rotatable bonds is 11. The molecule has 0 aliphatic rings. The minimum Gasteiger partial charge on any atom is -0.486 e. The van der Waals surface area contributed by atoms with Crippen LogP contribution in [0.5, 0.6) is 17.2 Å². The molecule has 0 aliphatic heterocycles. The molecule has 0 spiro atoms. The highest BCUT2D eigenvalue weighted by atomic mass is 35.5. The van der Waals surface area contributed by atoms with E-state index in [1.54, 1.807) is 50.2 Å². The Morgan fingerprint density at radius 3 is 2.32 bits per heavy atom. The second-order valence-electron chi connectivity index (χ2n) is 8.90. The number of hydrogen-bond donors (Lipinski definition) is 0. The Bertz CT molecular complexity index is 1480. The molecular weight excluding hydrogens is 567 g/mol. The summed E-state index contributed by atoms with van der Waals surface area (Å²) in [4.78, 5) is 38.0. The first-order valence-corrected chi connectivity index (χ1v) is 12.5. The number of halogens is 4. The van der Waals surface area contributed by atoms with Crippen molar-refractivity contribution in [1.82, 2.24) is 0 Å². The molecule has 0 fully saturated rings. The highest BCUT2D eigenvalue weighted by molar-refractivity contribution is 6.32. The normalized spacial score (nSPS) is 11.9. The molecular formula is C28H23ClF3N3O6. The number of nitrogens with zero attached hydrogens (tertiary/aromatic N) is 3. The molecule has 3 aromatic carbocycles. The lowest BCUT2D eigenvalue weighted by Crippen LogP contribution is -2.43. The number of Topliss-reactive ketones (excluding diaryl/α,β-unsaturated/α-hetero) is 1. The van der Waals surface area contributed by atoms with Gasteiger partial charge in [-0.15, -0.1) is 0 Å². The summed E-state index contributed by atoms with van der Waals surface area (Å²) in [6.07, 6.45) is -5.03. The average Bonchev–Trinajstić information content (AvgIpc) is 2.90. The van der Waals surface area contributed by atoms with Crippen LogP contribution in [0.4, 0.5) is 24.5 Å². The third kappa shape index (κ3) is 7.73. The van der Waals surface area contributed by atoms with Gasteiger partial charge in [-0.1, -0.05) is 29.8 Å². The van der Waals surface area contributed by atoms with Gasteiger partial charge in [-0.3, -0.25) is 19.7 Å². The summed E-state index contributed by atoms with van der Waals surface area (Å²) in [5.41, 5.74) is -0.953. The number of anilines is 1. The highest BCUT2D eigenvalue weighted by Crippen LogP contribution is 2.38. The lowest BCUT2D eigenvalue weighted by molar-refractivity contribution is -0.385. The highest BCUT2D eigenvalue weighted by Gasteiger charge is 2.33. The van der Waals surface area contributed by atoms with Gasteiger partial charge in [0.1, 0.15) is 11.5 Å². The molecule has 214 valence electrons. The number of alkyl halides is 3. The SMILES string of the molecule is CC(C)N(C(=O)C(C#N)C(=O)CCOc1cc(Oc2ccc(C(F)(F)F)cc2Cl)ccc1[N+](=O)[O-])c1ccccc1. The number of nitriles is 1. The van der Waals surface area contributed by atoms with Gasteiger partial charge in [0.05, 0.1) is 28.2 Å². The maximum absolute atomic E-state index is 13.1. The molecule has 13 heteroatoms. The van der Waals surface area contributed by atoms with E-state index in [9.17, 15) is 38.1 Å². The third-order valence-corrected chi connectivity index (χ3v) is 6.00. The van der Waals surface area contributed by atoms with Gasteiger partial charge >= 0.3 is 11.9 Å². The lowest BCUT2D eigenvalue weighted by Gasteiger charge is -2.28. The van der Waals surface area contributed by atoms with Crippen LogP contribution in [-0.2, 0) is 15.8 Å². The van der Waals surface area contributed by atoms with E-state index in [0.29, 0.717) is 11.8 Å². The van der Waals surface area contributed by atoms with E-state index >= 15 is 0 Å². The van der Waals surface area contributed by atoms with Crippen molar-refractivity contribution in [3.63, 3.8) is 0 Å². The Labute approximate surface area is 237 Å². The molecule has 1 atom stereocenters. The van der Waals surface area contributed by atoms with E-state index in [-0.39, 0.29) is 28.3 Å². The topological polar surface area (TPSA) is 123 Å². The van der Waals surface area contributed by atoms with Crippen LogP contribution in [0.25, 0.3) is 0 Å². The first-order valence-electron chi connectivity index (χ1n) is 12.1. The number of carbonyl (C=O) groups is 2. The first kappa shape index (κ1) is 30.9. The third-order valence-electron chi connectivity index (χ3n) is 5.71. The van der Waals surface area contributed by atoms with Crippen LogP contribution in [-0.4, -0.2) is 29.3 Å². The van der Waals surface area contributed by atoms with Crippen molar-refractivity contribution in [3.05, 3.63) is 87.4 Å². The largest absolute Gasteiger partial charge is 0.486 e. The van der Waals surface area contributed by atoms with E-state index in [1.165, 1.54) is 11.0 Å². The molecule has 3 aromatic rings. The summed E-state index contributed by atoms with van der Waals surface area (Å²) in [5, 5.41) is 20.7. The summed E-state index contributed by atoms with van der Waals surface area (Å²) in [6.45, 7) is 3.06. The van der Waals surface area contributed by atoms with Gasteiger partial charge in [-0.2, -0.15) is 18.4 Å². The van der Waals surface area contributed by atoms with Crippen molar-refractivity contribution in [2.45, 2.75) is 32.5 Å². The Balaban J connectivity index is 1.73. The number of nitro groups is 1.